The van der Waals surface area contributed by atoms with Gasteiger partial charge in [0, 0.05) is 12.5 Å². The van der Waals surface area contributed by atoms with Crippen molar-refractivity contribution in [2.75, 3.05) is 7.11 Å². The van der Waals surface area contributed by atoms with E-state index >= 15 is 0 Å². The van der Waals surface area contributed by atoms with Crippen molar-refractivity contribution in [2.24, 2.45) is 11.8 Å². The topological polar surface area (TPSA) is 84.5 Å². The first-order valence-electron chi connectivity index (χ1n) is 10.9. The quantitative estimate of drug-likeness (QED) is 0.616. The molecule has 32 heavy (non-hydrogen) atoms. The van der Waals surface area contributed by atoms with Crippen LogP contribution in [-0.2, 0) is 14.8 Å². The maximum Gasteiger partial charge on any atom is 0.241 e. The van der Waals surface area contributed by atoms with Crippen LogP contribution in [0.4, 0.5) is 4.39 Å². The van der Waals surface area contributed by atoms with E-state index in [1.54, 1.807) is 31.4 Å². The number of nitrogens with one attached hydrogen (secondary N) is 2. The summed E-state index contributed by atoms with van der Waals surface area (Å²) in [5.41, 5.74) is 0.636. The zero-order chi connectivity index (χ0) is 23.3. The minimum absolute atomic E-state index is 0.0512. The molecule has 1 aliphatic rings. The minimum Gasteiger partial charge on any atom is -0.497 e. The lowest BCUT2D eigenvalue weighted by atomic mass is 9.78. The van der Waals surface area contributed by atoms with E-state index < -0.39 is 21.9 Å². The van der Waals surface area contributed by atoms with Gasteiger partial charge in [-0.25, -0.2) is 17.5 Å². The molecular weight excluding hydrogens is 431 g/mol. The Morgan fingerprint density at radius 1 is 1.09 bits per heavy atom. The summed E-state index contributed by atoms with van der Waals surface area (Å²) in [5.74, 6) is 0.791. The van der Waals surface area contributed by atoms with Gasteiger partial charge in [-0.3, -0.25) is 4.79 Å². The molecule has 2 aromatic carbocycles. The van der Waals surface area contributed by atoms with Gasteiger partial charge in [-0.05, 0) is 60.2 Å². The van der Waals surface area contributed by atoms with Gasteiger partial charge < -0.3 is 10.1 Å². The lowest BCUT2D eigenvalue weighted by Crippen LogP contribution is -2.45. The predicted molar refractivity (Wildman–Crippen MR) is 121 cm³/mol. The van der Waals surface area contributed by atoms with Crippen molar-refractivity contribution >= 4 is 15.9 Å². The second-order valence-electron chi connectivity index (χ2n) is 8.55. The highest BCUT2D eigenvalue weighted by Gasteiger charge is 2.30. The molecule has 1 fully saturated rings. The number of ether oxygens (including phenoxy) is 1. The van der Waals surface area contributed by atoms with E-state index in [1.807, 2.05) is 0 Å². The summed E-state index contributed by atoms with van der Waals surface area (Å²) >= 11 is 0. The Kier molecular flexibility index (Phi) is 7.90. The second-order valence-corrected chi connectivity index (χ2v) is 10.3. The fourth-order valence-corrected chi connectivity index (χ4v) is 5.39. The number of carbonyl (C=O) groups is 1. The molecule has 0 heterocycles. The van der Waals surface area contributed by atoms with Crippen molar-refractivity contribution in [3.8, 4) is 5.75 Å². The molecule has 4 atom stereocenters. The Labute approximate surface area is 189 Å². The average Bonchev–Trinajstić information content (AvgIpc) is 2.76. The molecular formula is C24H31FN2O4S. The van der Waals surface area contributed by atoms with Crippen LogP contribution in [0, 0.1) is 17.7 Å². The largest absolute Gasteiger partial charge is 0.497 e. The smallest absolute Gasteiger partial charge is 0.241 e. The monoisotopic (exact) mass is 462 g/mol. The fraction of sp³-hybridized carbons (Fsp3) is 0.458. The average molecular weight is 463 g/mol. The Morgan fingerprint density at radius 3 is 2.38 bits per heavy atom. The summed E-state index contributed by atoms with van der Waals surface area (Å²) in [4.78, 5) is 12.9. The van der Waals surface area contributed by atoms with Crippen molar-refractivity contribution in [3.05, 3.63) is 59.9 Å². The number of rotatable bonds is 8. The molecule has 0 radical (unpaired) electrons. The first-order valence-corrected chi connectivity index (χ1v) is 12.4. The lowest BCUT2D eigenvalue weighted by Gasteiger charge is -2.35. The number of benzene rings is 2. The van der Waals surface area contributed by atoms with E-state index in [0.717, 1.165) is 31.4 Å². The van der Waals surface area contributed by atoms with Crippen LogP contribution in [0.15, 0.2) is 53.4 Å². The molecule has 3 rings (SSSR count). The maximum atomic E-state index is 13.2. The fourth-order valence-electron chi connectivity index (χ4n) is 4.17. The Hall–Kier alpha value is -2.45. The third-order valence-electron chi connectivity index (χ3n) is 6.38. The number of hydrogen-bond acceptors (Lipinski definition) is 4. The number of carbonyl (C=O) groups excluding carboxylic acids is 1. The minimum atomic E-state index is -3.97. The van der Waals surface area contributed by atoms with Crippen LogP contribution in [0.1, 0.15) is 51.1 Å². The summed E-state index contributed by atoms with van der Waals surface area (Å²) in [7, 11) is -2.42. The highest BCUT2D eigenvalue weighted by Crippen LogP contribution is 2.30. The highest BCUT2D eigenvalue weighted by atomic mass is 32.2. The van der Waals surface area contributed by atoms with Crippen LogP contribution < -0.4 is 14.8 Å². The Balaban J connectivity index is 1.80. The first kappa shape index (κ1) is 24.2. The third-order valence-corrected chi connectivity index (χ3v) is 7.87. The standard InChI is InChI=1S/C24H31FN2O4S/c1-16-5-4-6-22(17(16)2)26-24(28)15-23(18-7-11-20(31-3)12-8-18)27-32(29,30)21-13-9-19(25)10-14-21/h7-14,16-17,22-23,27H,4-6,15H2,1-3H3,(H,26,28). The van der Waals surface area contributed by atoms with E-state index in [0.29, 0.717) is 23.1 Å². The molecule has 0 aliphatic heterocycles. The van der Waals surface area contributed by atoms with Crippen molar-refractivity contribution in [1.82, 2.24) is 10.0 Å². The third kappa shape index (κ3) is 6.07. The normalized spacial score (nSPS) is 22.2. The van der Waals surface area contributed by atoms with Crippen LogP contribution in [0.5, 0.6) is 5.75 Å². The van der Waals surface area contributed by atoms with E-state index in [9.17, 15) is 17.6 Å². The maximum absolute atomic E-state index is 13.2. The van der Waals surface area contributed by atoms with E-state index in [2.05, 4.69) is 23.9 Å². The number of halogens is 1. The SMILES string of the molecule is COc1ccc(C(CC(=O)NC2CCCC(C)C2C)NS(=O)(=O)c2ccc(F)cc2)cc1. The van der Waals surface area contributed by atoms with E-state index in [4.69, 9.17) is 4.74 Å². The summed E-state index contributed by atoms with van der Waals surface area (Å²) in [6.45, 7) is 4.34. The van der Waals surface area contributed by atoms with Gasteiger partial charge in [-0.1, -0.05) is 38.8 Å². The molecule has 2 N–H and O–H groups in total. The molecule has 4 unspecified atom stereocenters. The Bertz CT molecular complexity index is 1010. The molecule has 2 aromatic rings. The lowest BCUT2D eigenvalue weighted by molar-refractivity contribution is -0.123. The molecule has 174 valence electrons. The molecule has 1 aliphatic carbocycles. The zero-order valence-electron chi connectivity index (χ0n) is 18.7. The highest BCUT2D eigenvalue weighted by molar-refractivity contribution is 7.89. The first-order chi connectivity index (χ1) is 15.2. The van der Waals surface area contributed by atoms with Crippen molar-refractivity contribution in [3.63, 3.8) is 0 Å². The van der Waals surface area contributed by atoms with Gasteiger partial charge >= 0.3 is 0 Å². The number of methoxy groups -OCH3 is 1. The number of amides is 1. The molecule has 0 bridgehead atoms. The molecule has 0 spiro atoms. The van der Waals surface area contributed by atoms with Gasteiger partial charge in [0.2, 0.25) is 15.9 Å². The van der Waals surface area contributed by atoms with Crippen LogP contribution in [0.2, 0.25) is 0 Å². The molecule has 8 heteroatoms. The van der Waals surface area contributed by atoms with Crippen molar-refractivity contribution < 1.29 is 22.3 Å². The molecule has 1 saturated carbocycles. The van der Waals surface area contributed by atoms with Gasteiger partial charge in [0.25, 0.3) is 0 Å². The molecule has 6 nitrogen and oxygen atoms in total. The summed E-state index contributed by atoms with van der Waals surface area (Å²) in [6.07, 6.45) is 3.09. The van der Waals surface area contributed by atoms with Gasteiger partial charge in [0.1, 0.15) is 11.6 Å². The van der Waals surface area contributed by atoms with Crippen LogP contribution in [-0.4, -0.2) is 27.5 Å². The van der Waals surface area contributed by atoms with Crippen LogP contribution >= 0.6 is 0 Å². The zero-order valence-corrected chi connectivity index (χ0v) is 19.5. The van der Waals surface area contributed by atoms with E-state index in [1.165, 1.54) is 12.1 Å². The van der Waals surface area contributed by atoms with Crippen LogP contribution in [0.25, 0.3) is 0 Å². The summed E-state index contributed by atoms with van der Waals surface area (Å²) in [5, 5.41) is 3.11. The molecule has 1 amide bonds. The van der Waals surface area contributed by atoms with Gasteiger partial charge in [-0.2, -0.15) is 0 Å². The number of hydrogen-bond donors (Lipinski definition) is 2. The van der Waals surface area contributed by atoms with Gasteiger partial charge in [0.15, 0.2) is 0 Å². The molecule has 0 aromatic heterocycles. The Morgan fingerprint density at radius 2 is 1.75 bits per heavy atom. The number of sulfonamides is 1. The van der Waals surface area contributed by atoms with Crippen molar-refractivity contribution in [1.29, 1.82) is 0 Å². The van der Waals surface area contributed by atoms with Crippen molar-refractivity contribution in [2.45, 2.75) is 56.5 Å². The second kappa shape index (κ2) is 10.4. The van der Waals surface area contributed by atoms with Gasteiger partial charge in [-0.15, -0.1) is 0 Å². The van der Waals surface area contributed by atoms with E-state index in [-0.39, 0.29) is 23.3 Å². The van der Waals surface area contributed by atoms with Gasteiger partial charge in [0.05, 0.1) is 18.0 Å². The summed E-state index contributed by atoms with van der Waals surface area (Å²) < 4.78 is 46.9. The predicted octanol–water partition coefficient (Wildman–Crippen LogP) is 4.18. The van der Waals surface area contributed by atoms with Crippen LogP contribution in [0.3, 0.4) is 0 Å². The molecule has 0 saturated heterocycles. The summed E-state index contributed by atoms with van der Waals surface area (Å²) in [6, 6.07) is 10.8.